The zero-order chi connectivity index (χ0) is 23.3. The van der Waals surface area contributed by atoms with Gasteiger partial charge in [-0.25, -0.2) is 4.79 Å². The highest BCUT2D eigenvalue weighted by Crippen LogP contribution is 2.33. The summed E-state index contributed by atoms with van der Waals surface area (Å²) in [6.45, 7) is 8.13. The van der Waals surface area contributed by atoms with Crippen molar-refractivity contribution in [2.45, 2.75) is 47.1 Å². The Hall–Kier alpha value is -3.41. The first kappa shape index (κ1) is 23.3. The van der Waals surface area contributed by atoms with E-state index in [9.17, 15) is 14.4 Å². The van der Waals surface area contributed by atoms with Gasteiger partial charge in [0, 0.05) is 23.9 Å². The summed E-state index contributed by atoms with van der Waals surface area (Å²) in [6, 6.07) is 13.4. The van der Waals surface area contributed by atoms with E-state index in [1.165, 1.54) is 4.57 Å². The Balaban J connectivity index is 2.30. The lowest BCUT2D eigenvalue weighted by Gasteiger charge is -2.20. The lowest BCUT2D eigenvalue weighted by molar-refractivity contribution is -0.143. The van der Waals surface area contributed by atoms with Crippen LogP contribution in [0.3, 0.4) is 0 Å². The van der Waals surface area contributed by atoms with Crippen LogP contribution in [0, 0.1) is 13.8 Å². The molecule has 0 aliphatic rings. The predicted molar refractivity (Wildman–Crippen MR) is 125 cm³/mol. The topological polar surface area (TPSA) is 74.6 Å². The van der Waals surface area contributed by atoms with Gasteiger partial charge in [-0.3, -0.25) is 9.59 Å². The summed E-state index contributed by atoms with van der Waals surface area (Å²) in [4.78, 5) is 38.5. The van der Waals surface area contributed by atoms with Crippen LogP contribution in [0.4, 0.5) is 0 Å². The zero-order valence-corrected chi connectivity index (χ0v) is 19.1. The number of carbonyl (C=O) groups excluding carboxylic acids is 2. The molecule has 0 aliphatic carbocycles. The second-order valence-corrected chi connectivity index (χ2v) is 7.66. The van der Waals surface area contributed by atoms with Crippen molar-refractivity contribution < 1.29 is 19.1 Å². The number of esters is 2. The summed E-state index contributed by atoms with van der Waals surface area (Å²) in [5.74, 6) is -0.881. The second-order valence-electron chi connectivity index (χ2n) is 7.66. The summed E-state index contributed by atoms with van der Waals surface area (Å²) >= 11 is 0. The number of rotatable bonds is 8. The number of aryl methyl sites for hydroxylation is 2. The molecule has 0 unspecified atom stereocenters. The van der Waals surface area contributed by atoms with Crippen molar-refractivity contribution in [1.29, 1.82) is 0 Å². The highest BCUT2D eigenvalue weighted by Gasteiger charge is 2.25. The molecule has 1 aromatic heterocycles. The maximum absolute atomic E-state index is 13.5. The highest BCUT2D eigenvalue weighted by molar-refractivity contribution is 6.07. The smallest absolute Gasteiger partial charge is 0.355 e. The second kappa shape index (κ2) is 10.3. The Morgan fingerprint density at radius 1 is 0.906 bits per heavy atom. The molecular formula is C26H29NO5. The summed E-state index contributed by atoms with van der Waals surface area (Å²) in [5, 5.41) is 1.25. The summed E-state index contributed by atoms with van der Waals surface area (Å²) < 4.78 is 11.8. The molecule has 0 N–H and O–H groups in total. The van der Waals surface area contributed by atoms with E-state index in [0.717, 1.165) is 16.7 Å². The quantitative estimate of drug-likeness (QED) is 0.475. The Kier molecular flexibility index (Phi) is 7.46. The Bertz CT molecular complexity index is 1190. The van der Waals surface area contributed by atoms with Crippen LogP contribution >= 0.6 is 0 Å². The van der Waals surface area contributed by atoms with E-state index in [1.807, 2.05) is 56.3 Å². The molecule has 0 spiro atoms. The van der Waals surface area contributed by atoms with Gasteiger partial charge in [-0.1, -0.05) is 36.4 Å². The third-order valence-corrected chi connectivity index (χ3v) is 5.48. The standard InChI is InChI=1S/C26H29NO5/c1-5-31-22(28)13-10-14-27-24(26(30)32-6-2)23(19-11-8-7-9-12-19)20-15-17(3)18(4)16-21(20)25(27)29/h7-9,11-12,15-16H,5-6,10,13-14H2,1-4H3. The molecule has 0 aliphatic heterocycles. The molecule has 168 valence electrons. The maximum Gasteiger partial charge on any atom is 0.355 e. The van der Waals surface area contributed by atoms with Crippen LogP contribution < -0.4 is 5.56 Å². The van der Waals surface area contributed by atoms with Crippen molar-refractivity contribution in [3.63, 3.8) is 0 Å². The zero-order valence-electron chi connectivity index (χ0n) is 19.1. The number of ether oxygens (including phenoxy) is 2. The van der Waals surface area contributed by atoms with E-state index in [4.69, 9.17) is 9.47 Å². The first-order chi connectivity index (χ1) is 15.4. The van der Waals surface area contributed by atoms with Gasteiger partial charge < -0.3 is 14.0 Å². The van der Waals surface area contributed by atoms with Crippen LogP contribution in [0.15, 0.2) is 47.3 Å². The van der Waals surface area contributed by atoms with Crippen molar-refractivity contribution in [1.82, 2.24) is 4.57 Å². The van der Waals surface area contributed by atoms with Gasteiger partial charge in [0.25, 0.3) is 5.56 Å². The lowest BCUT2D eigenvalue weighted by atomic mass is 9.93. The lowest BCUT2D eigenvalue weighted by Crippen LogP contribution is -2.29. The van der Waals surface area contributed by atoms with Gasteiger partial charge in [-0.05, 0) is 62.3 Å². The van der Waals surface area contributed by atoms with Gasteiger partial charge in [0.1, 0.15) is 5.69 Å². The van der Waals surface area contributed by atoms with Crippen molar-refractivity contribution in [3.8, 4) is 11.1 Å². The van der Waals surface area contributed by atoms with Gasteiger partial charge in [-0.15, -0.1) is 0 Å². The van der Waals surface area contributed by atoms with Crippen LogP contribution in [0.1, 0.15) is 48.3 Å². The van der Waals surface area contributed by atoms with Gasteiger partial charge in [0.05, 0.1) is 13.2 Å². The number of nitrogens with zero attached hydrogens (tertiary/aromatic N) is 1. The highest BCUT2D eigenvalue weighted by atomic mass is 16.5. The fourth-order valence-electron chi connectivity index (χ4n) is 3.85. The van der Waals surface area contributed by atoms with E-state index in [-0.39, 0.29) is 36.8 Å². The number of carbonyl (C=O) groups is 2. The van der Waals surface area contributed by atoms with E-state index >= 15 is 0 Å². The van der Waals surface area contributed by atoms with Crippen molar-refractivity contribution in [3.05, 3.63) is 69.6 Å². The average Bonchev–Trinajstić information content (AvgIpc) is 2.77. The van der Waals surface area contributed by atoms with E-state index in [0.29, 0.717) is 29.4 Å². The molecule has 0 radical (unpaired) electrons. The first-order valence-corrected chi connectivity index (χ1v) is 10.9. The summed E-state index contributed by atoms with van der Waals surface area (Å²) in [7, 11) is 0. The third kappa shape index (κ3) is 4.74. The molecule has 32 heavy (non-hydrogen) atoms. The minimum atomic E-state index is -0.556. The molecule has 6 heteroatoms. The van der Waals surface area contributed by atoms with Gasteiger partial charge in [0.2, 0.25) is 0 Å². The monoisotopic (exact) mass is 435 g/mol. The van der Waals surface area contributed by atoms with Crippen molar-refractivity contribution >= 4 is 22.7 Å². The number of aromatic nitrogens is 1. The fourth-order valence-corrected chi connectivity index (χ4v) is 3.85. The molecule has 0 atom stereocenters. The van der Waals surface area contributed by atoms with E-state index in [2.05, 4.69) is 0 Å². The Labute approximate surface area is 187 Å². The third-order valence-electron chi connectivity index (χ3n) is 5.48. The number of hydrogen-bond donors (Lipinski definition) is 0. The minimum Gasteiger partial charge on any atom is -0.466 e. The van der Waals surface area contributed by atoms with Crippen LogP contribution in [0.25, 0.3) is 21.9 Å². The molecule has 0 saturated carbocycles. The van der Waals surface area contributed by atoms with Gasteiger partial charge >= 0.3 is 11.9 Å². The van der Waals surface area contributed by atoms with Gasteiger partial charge in [-0.2, -0.15) is 0 Å². The largest absolute Gasteiger partial charge is 0.466 e. The molecule has 6 nitrogen and oxygen atoms in total. The first-order valence-electron chi connectivity index (χ1n) is 10.9. The normalized spacial score (nSPS) is 10.9. The summed E-state index contributed by atoms with van der Waals surface area (Å²) in [6.07, 6.45) is 0.532. The predicted octanol–water partition coefficient (Wildman–Crippen LogP) is 4.81. The van der Waals surface area contributed by atoms with Crippen molar-refractivity contribution in [2.24, 2.45) is 0 Å². The number of fused-ring (bicyclic) bond motifs is 1. The van der Waals surface area contributed by atoms with Crippen LogP contribution in [0.2, 0.25) is 0 Å². The maximum atomic E-state index is 13.5. The molecule has 0 bridgehead atoms. The Morgan fingerprint density at radius 2 is 1.53 bits per heavy atom. The summed E-state index contributed by atoms with van der Waals surface area (Å²) in [5.41, 5.74) is 3.46. The SMILES string of the molecule is CCOC(=O)CCCn1c(C(=O)OCC)c(-c2ccccc2)c2cc(C)c(C)cc2c1=O. The molecule has 1 heterocycles. The number of pyridine rings is 1. The molecule has 0 saturated heterocycles. The Morgan fingerprint density at radius 3 is 2.16 bits per heavy atom. The van der Waals surface area contributed by atoms with Crippen LogP contribution in [-0.4, -0.2) is 29.7 Å². The molecule has 2 aromatic carbocycles. The molecule has 0 fully saturated rings. The molecular weight excluding hydrogens is 406 g/mol. The van der Waals surface area contributed by atoms with E-state index in [1.54, 1.807) is 13.8 Å². The number of hydrogen-bond acceptors (Lipinski definition) is 5. The van der Waals surface area contributed by atoms with Crippen LogP contribution in [-0.2, 0) is 20.8 Å². The molecule has 3 rings (SSSR count). The van der Waals surface area contributed by atoms with Crippen LogP contribution in [0.5, 0.6) is 0 Å². The number of benzene rings is 2. The molecule has 3 aromatic rings. The minimum absolute atomic E-state index is 0.161. The van der Waals surface area contributed by atoms with Crippen molar-refractivity contribution in [2.75, 3.05) is 13.2 Å². The van der Waals surface area contributed by atoms with E-state index < -0.39 is 5.97 Å². The molecule has 0 amide bonds. The average molecular weight is 436 g/mol. The van der Waals surface area contributed by atoms with Gasteiger partial charge in [0.15, 0.2) is 0 Å². The fraction of sp³-hybridized carbons (Fsp3) is 0.346.